The summed E-state index contributed by atoms with van der Waals surface area (Å²) >= 11 is 12.9. The maximum absolute atomic E-state index is 6.44. The van der Waals surface area contributed by atoms with Gasteiger partial charge in [0.05, 0.1) is 0 Å². The van der Waals surface area contributed by atoms with Crippen molar-refractivity contribution in [3.05, 3.63) is 82.1 Å². The number of hydrogen-bond donors (Lipinski definition) is 0. The van der Waals surface area contributed by atoms with Gasteiger partial charge in [0, 0.05) is 26.2 Å². The molecule has 132 valence electrons. The zero-order chi connectivity index (χ0) is 17.9. The Kier molecular flexibility index (Phi) is 4.96. The minimum Gasteiger partial charge on any atom is -0.361 e. The first-order valence-corrected chi connectivity index (χ1v) is 9.27. The molecule has 4 rings (SSSR count). The normalized spacial score (nSPS) is 13.6. The zero-order valence-corrected chi connectivity index (χ0v) is 15.7. The van der Waals surface area contributed by atoms with E-state index in [-0.39, 0.29) is 0 Å². The molecule has 1 aliphatic heterocycles. The van der Waals surface area contributed by atoms with Gasteiger partial charge in [-0.2, -0.15) is 0 Å². The van der Waals surface area contributed by atoms with E-state index in [1.807, 2.05) is 36.4 Å². The first kappa shape index (κ1) is 17.1. The molecule has 0 bridgehead atoms. The van der Waals surface area contributed by atoms with Crippen LogP contribution in [0.5, 0.6) is 0 Å². The number of fused-ring (bicyclic) bond motifs is 1. The molecule has 0 amide bonds. The lowest BCUT2D eigenvalue weighted by atomic mass is 10.1. The molecule has 0 spiro atoms. The monoisotopic (exact) mass is 384 g/mol. The number of nitrogens with zero attached hydrogens (tertiary/aromatic N) is 4. The quantitative estimate of drug-likeness (QED) is 0.645. The fraction of sp³-hybridized carbons (Fsp3) is 0.200. The smallest absolute Gasteiger partial charge is 0.177 e. The molecule has 0 aliphatic carbocycles. The molecule has 26 heavy (non-hydrogen) atoms. The maximum Gasteiger partial charge on any atom is 0.177 e. The van der Waals surface area contributed by atoms with Crippen LogP contribution in [0.4, 0.5) is 11.4 Å². The summed E-state index contributed by atoms with van der Waals surface area (Å²) in [6, 6.07) is 20.7. The highest BCUT2D eigenvalue weighted by Gasteiger charge is 2.29. The van der Waals surface area contributed by atoms with Gasteiger partial charge in [0.15, 0.2) is 10.3 Å². The predicted molar refractivity (Wildman–Crippen MR) is 107 cm³/mol. The highest BCUT2D eigenvalue weighted by Crippen LogP contribution is 2.42. The average molecular weight is 385 g/mol. The summed E-state index contributed by atoms with van der Waals surface area (Å²) in [6.45, 7) is 3.20. The van der Waals surface area contributed by atoms with E-state index in [0.29, 0.717) is 10.3 Å². The number of rotatable bonds is 4. The minimum absolute atomic E-state index is 0.387. The van der Waals surface area contributed by atoms with Crippen molar-refractivity contribution < 1.29 is 0 Å². The molecule has 0 N–H and O–H groups in total. The third-order valence-electron chi connectivity index (χ3n) is 4.55. The zero-order valence-electron chi connectivity index (χ0n) is 14.1. The van der Waals surface area contributed by atoms with Crippen LogP contribution in [0.15, 0.2) is 60.7 Å². The maximum atomic E-state index is 6.44. The molecule has 6 heteroatoms. The van der Waals surface area contributed by atoms with Gasteiger partial charge in [0.25, 0.3) is 0 Å². The molecule has 2 heterocycles. The van der Waals surface area contributed by atoms with Crippen LogP contribution in [0.3, 0.4) is 0 Å². The van der Waals surface area contributed by atoms with Crippen LogP contribution in [0.1, 0.15) is 11.1 Å². The summed E-state index contributed by atoms with van der Waals surface area (Å²) in [7, 11) is 0. The van der Waals surface area contributed by atoms with Crippen molar-refractivity contribution in [2.75, 3.05) is 22.9 Å². The van der Waals surface area contributed by atoms with E-state index in [1.54, 1.807) is 0 Å². The highest BCUT2D eigenvalue weighted by atomic mass is 35.5. The van der Waals surface area contributed by atoms with Crippen LogP contribution in [-0.2, 0) is 13.1 Å². The summed E-state index contributed by atoms with van der Waals surface area (Å²) in [4.78, 5) is 4.46. The lowest BCUT2D eigenvalue weighted by molar-refractivity contribution is 0.688. The van der Waals surface area contributed by atoms with E-state index in [0.717, 1.165) is 37.6 Å². The Labute approximate surface area is 163 Å². The van der Waals surface area contributed by atoms with Crippen molar-refractivity contribution in [2.24, 2.45) is 0 Å². The Bertz CT molecular complexity index is 813. The Hall–Kier alpha value is -2.30. The van der Waals surface area contributed by atoms with Gasteiger partial charge >= 0.3 is 0 Å². The van der Waals surface area contributed by atoms with Gasteiger partial charge in [0.1, 0.15) is 11.4 Å². The number of benzene rings is 2. The second-order valence-corrected chi connectivity index (χ2v) is 7.01. The molecule has 0 radical (unpaired) electrons. The average Bonchev–Trinajstić information content (AvgIpc) is 2.67. The van der Waals surface area contributed by atoms with E-state index in [9.17, 15) is 0 Å². The second kappa shape index (κ2) is 7.52. The van der Waals surface area contributed by atoms with Crippen molar-refractivity contribution in [3.8, 4) is 0 Å². The van der Waals surface area contributed by atoms with Crippen molar-refractivity contribution in [3.63, 3.8) is 0 Å². The summed E-state index contributed by atoms with van der Waals surface area (Å²) in [5.41, 5.74) is 4.16. The predicted octanol–water partition coefficient (Wildman–Crippen LogP) is 4.81. The largest absolute Gasteiger partial charge is 0.361 e. The van der Waals surface area contributed by atoms with Crippen LogP contribution < -0.4 is 9.80 Å². The van der Waals surface area contributed by atoms with Gasteiger partial charge in [-0.1, -0.05) is 83.9 Å². The van der Waals surface area contributed by atoms with Gasteiger partial charge in [-0.3, -0.25) is 0 Å². The molecule has 0 unspecified atom stereocenters. The minimum atomic E-state index is 0.387. The lowest BCUT2D eigenvalue weighted by Gasteiger charge is -2.39. The van der Waals surface area contributed by atoms with Crippen LogP contribution in [0.25, 0.3) is 0 Å². The standard InChI is InChI=1S/C20H18Cl2N4/c21-19-17-18(20(22)24-23-19)26(14-16-9-5-2-6-10-16)12-11-25(17)13-15-7-3-1-4-8-15/h1-10H,11-14H2. The first-order chi connectivity index (χ1) is 12.7. The lowest BCUT2D eigenvalue weighted by Crippen LogP contribution is -2.41. The number of hydrogen-bond acceptors (Lipinski definition) is 4. The Morgan fingerprint density at radius 1 is 0.654 bits per heavy atom. The molecule has 0 fully saturated rings. The van der Waals surface area contributed by atoms with E-state index < -0.39 is 0 Å². The van der Waals surface area contributed by atoms with Gasteiger partial charge < -0.3 is 9.80 Å². The molecule has 0 saturated heterocycles. The molecular formula is C20H18Cl2N4. The van der Waals surface area contributed by atoms with Gasteiger partial charge in [-0.15, -0.1) is 10.2 Å². The number of aromatic nitrogens is 2. The van der Waals surface area contributed by atoms with Crippen molar-refractivity contribution in [1.29, 1.82) is 0 Å². The summed E-state index contributed by atoms with van der Waals surface area (Å²) in [5, 5.41) is 8.86. The molecule has 4 nitrogen and oxygen atoms in total. The van der Waals surface area contributed by atoms with Crippen molar-refractivity contribution in [1.82, 2.24) is 10.2 Å². The third-order valence-corrected chi connectivity index (χ3v) is 5.05. The third kappa shape index (κ3) is 3.48. The Morgan fingerprint density at radius 3 is 1.42 bits per heavy atom. The highest BCUT2D eigenvalue weighted by molar-refractivity contribution is 6.36. The molecule has 3 aromatic rings. The molecule has 2 aromatic carbocycles. The van der Waals surface area contributed by atoms with Crippen LogP contribution in [-0.4, -0.2) is 23.3 Å². The SMILES string of the molecule is Clc1nnc(Cl)c2c1N(Cc1ccccc1)CCN2Cc1ccccc1. The molecular weight excluding hydrogens is 367 g/mol. The molecule has 0 atom stereocenters. The van der Waals surface area contributed by atoms with Crippen LogP contribution >= 0.6 is 23.2 Å². The van der Waals surface area contributed by atoms with Gasteiger partial charge in [0.2, 0.25) is 0 Å². The number of anilines is 2. The molecule has 1 aromatic heterocycles. The summed E-state index contributed by atoms with van der Waals surface area (Å²) in [5.74, 6) is 0. The van der Waals surface area contributed by atoms with Gasteiger partial charge in [-0.25, -0.2) is 0 Å². The molecule has 0 saturated carbocycles. The van der Waals surface area contributed by atoms with Gasteiger partial charge in [-0.05, 0) is 11.1 Å². The Balaban J connectivity index is 1.69. The van der Waals surface area contributed by atoms with Crippen LogP contribution in [0, 0.1) is 0 Å². The summed E-state index contributed by atoms with van der Waals surface area (Å²) < 4.78 is 0. The van der Waals surface area contributed by atoms with Crippen molar-refractivity contribution in [2.45, 2.75) is 13.1 Å². The van der Waals surface area contributed by atoms with E-state index in [4.69, 9.17) is 23.2 Å². The van der Waals surface area contributed by atoms with Crippen LogP contribution in [0.2, 0.25) is 10.3 Å². The summed E-state index contributed by atoms with van der Waals surface area (Å²) in [6.07, 6.45) is 0. The number of halogens is 2. The van der Waals surface area contributed by atoms with Crippen molar-refractivity contribution >= 4 is 34.6 Å². The van der Waals surface area contributed by atoms with E-state index >= 15 is 0 Å². The fourth-order valence-corrected chi connectivity index (χ4v) is 3.82. The Morgan fingerprint density at radius 2 is 1.04 bits per heavy atom. The molecule has 1 aliphatic rings. The van der Waals surface area contributed by atoms with E-state index in [2.05, 4.69) is 44.3 Å². The second-order valence-electron chi connectivity index (χ2n) is 6.29. The topological polar surface area (TPSA) is 32.3 Å². The fourth-order valence-electron chi connectivity index (χ4n) is 3.33. The first-order valence-electron chi connectivity index (χ1n) is 8.52. The van der Waals surface area contributed by atoms with E-state index in [1.165, 1.54) is 11.1 Å².